The molecule has 0 aliphatic carbocycles. The van der Waals surface area contributed by atoms with E-state index in [0.29, 0.717) is 5.56 Å². The summed E-state index contributed by atoms with van der Waals surface area (Å²) in [4.78, 5) is 11.3. The predicted octanol–water partition coefficient (Wildman–Crippen LogP) is 4.08. The number of hydrogen-bond donors (Lipinski definition) is 1. The third-order valence-electron chi connectivity index (χ3n) is 3.40. The molecule has 0 spiro atoms. The van der Waals surface area contributed by atoms with Crippen molar-refractivity contribution >= 4 is 29.1 Å². The first-order chi connectivity index (χ1) is 11.5. The molecule has 0 saturated heterocycles. The smallest absolute Gasteiger partial charge is 0.253 e. The van der Waals surface area contributed by atoms with Crippen LogP contribution in [0.2, 0.25) is 0 Å². The van der Waals surface area contributed by atoms with Crippen molar-refractivity contribution in [2.75, 3.05) is 7.11 Å². The monoisotopic (exact) mass is 367 g/mol. The first-order valence-electron chi connectivity index (χ1n) is 7.40. The number of carbonyl (C=O) groups is 1. The number of rotatable bonds is 7. The second-order valence-corrected chi connectivity index (χ2v) is 6.42. The second-order valence-electron chi connectivity index (χ2n) is 5.25. The Balaban J connectivity index is 1.95. The van der Waals surface area contributed by atoms with E-state index in [1.165, 1.54) is 0 Å². The molecule has 0 bridgehead atoms. The lowest BCUT2D eigenvalue weighted by Crippen LogP contribution is -2.41. The minimum absolute atomic E-state index is 0.263. The fourth-order valence-electron chi connectivity index (χ4n) is 2.00. The number of carbonyl (C=O) groups excluding carboxylic acids is 1. The fourth-order valence-corrected chi connectivity index (χ4v) is 2.27. The Morgan fingerprint density at radius 2 is 1.71 bits per heavy atom. The van der Waals surface area contributed by atoms with Crippen LogP contribution in [0.3, 0.4) is 0 Å². The van der Waals surface area contributed by atoms with E-state index < -0.39 is 11.1 Å². The van der Waals surface area contributed by atoms with Gasteiger partial charge in [0.05, 0.1) is 13.7 Å². The molecular weight excluding hydrogens is 349 g/mol. The average Bonchev–Trinajstić information content (AvgIpc) is 2.59. The first-order valence-corrected chi connectivity index (χ1v) is 8.27. The molecule has 0 heterocycles. The van der Waals surface area contributed by atoms with Crippen molar-refractivity contribution in [1.29, 1.82) is 0 Å². The Morgan fingerprint density at radius 3 is 2.25 bits per heavy atom. The quantitative estimate of drug-likeness (QED) is 0.592. The molecule has 0 radical (unpaired) electrons. The summed E-state index contributed by atoms with van der Waals surface area (Å²) in [6.07, 6.45) is -0.816. The Hall–Kier alpha value is -1.75. The number of alkyl halides is 2. The highest BCUT2D eigenvalue weighted by molar-refractivity contribution is 6.44. The third-order valence-corrected chi connectivity index (χ3v) is 3.86. The minimum Gasteiger partial charge on any atom is -0.497 e. The zero-order chi connectivity index (χ0) is 17.5. The molecule has 2 rings (SSSR count). The van der Waals surface area contributed by atoms with Gasteiger partial charge in [0, 0.05) is 5.56 Å². The van der Waals surface area contributed by atoms with Crippen LogP contribution in [-0.4, -0.2) is 24.1 Å². The van der Waals surface area contributed by atoms with Gasteiger partial charge in [-0.3, -0.25) is 4.79 Å². The lowest BCUT2D eigenvalue weighted by atomic mass is 10.1. The molecule has 24 heavy (non-hydrogen) atoms. The summed E-state index contributed by atoms with van der Waals surface area (Å²) >= 11 is 11.8. The molecule has 6 heteroatoms. The Morgan fingerprint density at radius 1 is 1.08 bits per heavy atom. The number of halogens is 2. The van der Waals surface area contributed by atoms with Crippen molar-refractivity contribution in [3.05, 3.63) is 65.2 Å². The number of benzene rings is 2. The third kappa shape index (κ3) is 5.41. The van der Waals surface area contributed by atoms with Crippen molar-refractivity contribution < 1.29 is 14.3 Å². The summed E-state index contributed by atoms with van der Waals surface area (Å²) in [5.74, 6) is 0.469. The van der Waals surface area contributed by atoms with Gasteiger partial charge in [0.15, 0.2) is 11.1 Å². The number of hydrogen-bond acceptors (Lipinski definition) is 3. The van der Waals surface area contributed by atoms with Crippen molar-refractivity contribution in [2.45, 2.75) is 24.6 Å². The number of amides is 1. The number of ether oxygens (including phenoxy) is 2. The maximum Gasteiger partial charge on any atom is 0.253 e. The molecule has 0 aliphatic heterocycles. The molecule has 2 aromatic carbocycles. The zero-order valence-corrected chi connectivity index (χ0v) is 15.0. The van der Waals surface area contributed by atoms with Crippen LogP contribution in [-0.2, 0) is 11.3 Å². The van der Waals surface area contributed by atoms with Gasteiger partial charge in [-0.2, -0.15) is 0 Å². The van der Waals surface area contributed by atoms with E-state index in [4.69, 9.17) is 32.7 Å². The zero-order valence-electron chi connectivity index (χ0n) is 13.5. The van der Waals surface area contributed by atoms with E-state index in [-0.39, 0.29) is 12.5 Å². The average molecular weight is 368 g/mol. The molecular formula is C18H19Cl2NO3. The van der Waals surface area contributed by atoms with Gasteiger partial charge in [-0.25, -0.2) is 0 Å². The van der Waals surface area contributed by atoms with Gasteiger partial charge in [0.2, 0.25) is 0 Å². The van der Waals surface area contributed by atoms with Gasteiger partial charge in [-0.1, -0.05) is 29.8 Å². The highest BCUT2D eigenvalue weighted by atomic mass is 35.5. The van der Waals surface area contributed by atoms with E-state index >= 15 is 0 Å². The molecule has 2 aromatic rings. The standard InChI is InChI=1S/C18H19Cl2NO3/c1-12-3-7-14(8-4-12)17(22)21-18(16(19)20)24-11-13-5-9-15(23-2)10-6-13/h3-10,16,18H,11H2,1-2H3,(H,21,22). The molecule has 1 N–H and O–H groups in total. The lowest BCUT2D eigenvalue weighted by Gasteiger charge is -2.20. The van der Waals surface area contributed by atoms with Crippen LogP contribution in [0.15, 0.2) is 48.5 Å². The summed E-state index contributed by atoms with van der Waals surface area (Å²) in [6.45, 7) is 2.22. The summed E-state index contributed by atoms with van der Waals surface area (Å²) in [5.41, 5.74) is 2.51. The van der Waals surface area contributed by atoms with Crippen LogP contribution in [0, 0.1) is 6.92 Å². The van der Waals surface area contributed by atoms with E-state index in [9.17, 15) is 4.79 Å². The lowest BCUT2D eigenvalue weighted by molar-refractivity contribution is 0.0253. The van der Waals surface area contributed by atoms with Gasteiger partial charge in [0.1, 0.15) is 5.75 Å². The summed E-state index contributed by atoms with van der Waals surface area (Å²) in [7, 11) is 1.60. The molecule has 0 saturated carbocycles. The van der Waals surface area contributed by atoms with Gasteiger partial charge < -0.3 is 14.8 Å². The largest absolute Gasteiger partial charge is 0.497 e. The van der Waals surface area contributed by atoms with Crippen LogP contribution in [0.4, 0.5) is 0 Å². The first kappa shape index (κ1) is 18.6. The summed E-state index contributed by atoms with van der Waals surface area (Å²) < 4.78 is 10.7. The number of nitrogens with one attached hydrogen (secondary N) is 1. The van der Waals surface area contributed by atoms with Crippen molar-refractivity contribution in [1.82, 2.24) is 5.32 Å². The molecule has 4 nitrogen and oxygen atoms in total. The molecule has 0 fully saturated rings. The molecule has 1 amide bonds. The van der Waals surface area contributed by atoms with E-state index in [1.807, 2.05) is 43.3 Å². The van der Waals surface area contributed by atoms with Gasteiger partial charge >= 0.3 is 0 Å². The van der Waals surface area contributed by atoms with Gasteiger partial charge in [-0.05, 0) is 36.8 Å². The normalized spacial score (nSPS) is 12.0. The Labute approximate surface area is 151 Å². The van der Waals surface area contributed by atoms with Crippen molar-refractivity contribution in [3.8, 4) is 5.75 Å². The predicted molar refractivity (Wildman–Crippen MR) is 95.7 cm³/mol. The SMILES string of the molecule is COc1ccc(COC(NC(=O)c2ccc(C)cc2)C(Cl)Cl)cc1. The van der Waals surface area contributed by atoms with Crippen molar-refractivity contribution in [2.24, 2.45) is 0 Å². The van der Waals surface area contributed by atoms with Crippen LogP contribution in [0.1, 0.15) is 21.5 Å². The van der Waals surface area contributed by atoms with Crippen LogP contribution in [0.5, 0.6) is 5.75 Å². The van der Waals surface area contributed by atoms with Crippen LogP contribution < -0.4 is 10.1 Å². The maximum atomic E-state index is 12.2. The van der Waals surface area contributed by atoms with E-state index in [1.54, 1.807) is 19.2 Å². The fraction of sp³-hybridized carbons (Fsp3) is 0.278. The molecule has 1 unspecified atom stereocenters. The van der Waals surface area contributed by atoms with E-state index in [0.717, 1.165) is 16.9 Å². The van der Waals surface area contributed by atoms with E-state index in [2.05, 4.69) is 5.32 Å². The Kier molecular flexibility index (Phi) is 6.91. The van der Waals surface area contributed by atoms with Crippen molar-refractivity contribution in [3.63, 3.8) is 0 Å². The van der Waals surface area contributed by atoms with Gasteiger partial charge in [-0.15, -0.1) is 23.2 Å². The molecule has 128 valence electrons. The minimum atomic E-state index is -0.891. The topological polar surface area (TPSA) is 47.6 Å². The number of methoxy groups -OCH3 is 1. The second kappa shape index (κ2) is 8.92. The van der Waals surface area contributed by atoms with Gasteiger partial charge in [0.25, 0.3) is 5.91 Å². The van der Waals surface area contributed by atoms with Crippen LogP contribution in [0.25, 0.3) is 0 Å². The molecule has 0 aromatic heterocycles. The summed E-state index contributed by atoms with van der Waals surface area (Å²) in [6, 6.07) is 14.6. The molecule has 1 atom stereocenters. The summed E-state index contributed by atoms with van der Waals surface area (Å²) in [5, 5.41) is 2.70. The highest BCUT2D eigenvalue weighted by Crippen LogP contribution is 2.16. The maximum absolute atomic E-state index is 12.2. The highest BCUT2D eigenvalue weighted by Gasteiger charge is 2.21. The van der Waals surface area contributed by atoms with Crippen LogP contribution >= 0.6 is 23.2 Å². The molecule has 0 aliphatic rings. The number of aryl methyl sites for hydroxylation is 1. The Bertz CT molecular complexity index is 657.